The molecule has 0 bridgehead atoms. The van der Waals surface area contributed by atoms with Crippen LogP contribution in [-0.4, -0.2) is 4.98 Å². The Kier molecular flexibility index (Phi) is 2.25. The van der Waals surface area contributed by atoms with E-state index in [1.54, 1.807) is 0 Å². The Morgan fingerprint density at radius 3 is 2.64 bits per heavy atom. The number of halogens is 1. The largest absolute Gasteiger partial charge is 0.257 e. The fourth-order valence-corrected chi connectivity index (χ4v) is 1.62. The van der Waals surface area contributed by atoms with Crippen molar-refractivity contribution in [2.45, 2.75) is 13.8 Å². The van der Waals surface area contributed by atoms with E-state index < -0.39 is 0 Å². The SMILES string of the molecule is Cc1cc(Br)c(C#N)c(C)n1. The van der Waals surface area contributed by atoms with Gasteiger partial charge < -0.3 is 0 Å². The molecule has 1 aromatic rings. The Hall–Kier alpha value is -0.880. The van der Waals surface area contributed by atoms with E-state index in [0.717, 1.165) is 15.9 Å². The van der Waals surface area contributed by atoms with Crippen LogP contribution in [0.4, 0.5) is 0 Å². The lowest BCUT2D eigenvalue weighted by atomic mass is 10.2. The molecule has 0 atom stereocenters. The predicted molar refractivity (Wildman–Crippen MR) is 46.1 cm³/mol. The molecule has 0 unspecified atom stereocenters. The van der Waals surface area contributed by atoms with Crippen molar-refractivity contribution in [3.05, 3.63) is 27.5 Å². The van der Waals surface area contributed by atoms with Crippen molar-refractivity contribution in [1.29, 1.82) is 5.26 Å². The molecule has 0 spiro atoms. The molecular formula is C8H7BrN2. The lowest BCUT2D eigenvalue weighted by molar-refractivity contribution is 1.10. The third-order valence-corrected chi connectivity index (χ3v) is 2.02. The maximum atomic E-state index is 8.67. The van der Waals surface area contributed by atoms with E-state index in [4.69, 9.17) is 5.26 Å². The third-order valence-electron chi connectivity index (χ3n) is 1.39. The van der Waals surface area contributed by atoms with Gasteiger partial charge in [0, 0.05) is 10.2 Å². The molecule has 0 saturated carbocycles. The Morgan fingerprint density at radius 2 is 2.18 bits per heavy atom. The van der Waals surface area contributed by atoms with Crippen molar-refractivity contribution in [2.75, 3.05) is 0 Å². The molecule has 0 aromatic carbocycles. The van der Waals surface area contributed by atoms with Gasteiger partial charge >= 0.3 is 0 Å². The van der Waals surface area contributed by atoms with E-state index in [1.807, 2.05) is 19.9 Å². The van der Waals surface area contributed by atoms with Crippen LogP contribution in [0.5, 0.6) is 0 Å². The van der Waals surface area contributed by atoms with E-state index in [2.05, 4.69) is 27.0 Å². The number of rotatable bonds is 0. The number of aromatic nitrogens is 1. The smallest absolute Gasteiger partial charge is 0.102 e. The van der Waals surface area contributed by atoms with Crippen LogP contribution in [0, 0.1) is 25.2 Å². The first kappa shape index (κ1) is 8.22. The Bertz CT molecular complexity index is 302. The maximum absolute atomic E-state index is 8.67. The van der Waals surface area contributed by atoms with Gasteiger partial charge in [-0.25, -0.2) is 0 Å². The molecule has 0 aliphatic carbocycles. The molecule has 0 fully saturated rings. The number of nitriles is 1. The summed E-state index contributed by atoms with van der Waals surface area (Å²) in [6.07, 6.45) is 0. The van der Waals surface area contributed by atoms with Gasteiger partial charge in [0.25, 0.3) is 0 Å². The van der Waals surface area contributed by atoms with E-state index in [0.29, 0.717) is 5.56 Å². The van der Waals surface area contributed by atoms with Crippen LogP contribution >= 0.6 is 15.9 Å². The summed E-state index contributed by atoms with van der Waals surface area (Å²) in [6.45, 7) is 3.73. The van der Waals surface area contributed by atoms with Gasteiger partial charge in [-0.3, -0.25) is 4.98 Å². The molecule has 1 heterocycles. The summed E-state index contributed by atoms with van der Waals surface area (Å²) < 4.78 is 0.824. The van der Waals surface area contributed by atoms with Gasteiger partial charge in [-0.1, -0.05) is 0 Å². The van der Waals surface area contributed by atoms with Crippen LogP contribution in [0.25, 0.3) is 0 Å². The van der Waals surface area contributed by atoms with Crippen molar-refractivity contribution in [3.8, 4) is 6.07 Å². The normalized spacial score (nSPS) is 9.27. The predicted octanol–water partition coefficient (Wildman–Crippen LogP) is 2.33. The molecule has 0 saturated heterocycles. The van der Waals surface area contributed by atoms with E-state index >= 15 is 0 Å². The van der Waals surface area contributed by atoms with E-state index in [1.165, 1.54) is 0 Å². The number of hydrogen-bond acceptors (Lipinski definition) is 2. The summed E-state index contributed by atoms with van der Waals surface area (Å²) in [7, 11) is 0. The lowest BCUT2D eigenvalue weighted by Crippen LogP contribution is -1.91. The number of nitrogens with zero attached hydrogens (tertiary/aromatic N) is 2. The zero-order valence-electron chi connectivity index (χ0n) is 6.35. The molecule has 0 amide bonds. The summed E-state index contributed by atoms with van der Waals surface area (Å²) in [5, 5.41) is 8.67. The first-order valence-corrected chi connectivity index (χ1v) is 3.98. The molecule has 0 aliphatic heterocycles. The zero-order chi connectivity index (χ0) is 8.43. The Morgan fingerprint density at radius 1 is 1.55 bits per heavy atom. The van der Waals surface area contributed by atoms with E-state index in [-0.39, 0.29) is 0 Å². The topological polar surface area (TPSA) is 36.7 Å². The Balaban J connectivity index is 3.40. The minimum absolute atomic E-state index is 0.621. The molecule has 56 valence electrons. The second-order valence-electron chi connectivity index (χ2n) is 2.32. The van der Waals surface area contributed by atoms with Gasteiger partial charge in [-0.15, -0.1) is 0 Å². The minimum Gasteiger partial charge on any atom is -0.257 e. The van der Waals surface area contributed by atoms with Crippen molar-refractivity contribution in [2.24, 2.45) is 0 Å². The second kappa shape index (κ2) is 3.02. The highest BCUT2D eigenvalue weighted by Crippen LogP contribution is 2.18. The van der Waals surface area contributed by atoms with Crippen LogP contribution in [0.3, 0.4) is 0 Å². The molecule has 2 nitrogen and oxygen atoms in total. The van der Waals surface area contributed by atoms with Crippen molar-refractivity contribution in [3.63, 3.8) is 0 Å². The first-order chi connectivity index (χ1) is 5.15. The average molecular weight is 211 g/mol. The second-order valence-corrected chi connectivity index (χ2v) is 3.17. The molecule has 11 heavy (non-hydrogen) atoms. The summed E-state index contributed by atoms with van der Waals surface area (Å²) in [5.41, 5.74) is 2.32. The molecule has 3 heteroatoms. The van der Waals surface area contributed by atoms with Crippen molar-refractivity contribution >= 4 is 15.9 Å². The average Bonchev–Trinajstić information content (AvgIpc) is 1.85. The molecule has 0 aliphatic rings. The minimum atomic E-state index is 0.621. The van der Waals surface area contributed by atoms with Crippen molar-refractivity contribution < 1.29 is 0 Å². The quantitative estimate of drug-likeness (QED) is 0.660. The van der Waals surface area contributed by atoms with Crippen LogP contribution in [0.1, 0.15) is 17.0 Å². The third kappa shape index (κ3) is 1.58. The first-order valence-electron chi connectivity index (χ1n) is 3.19. The van der Waals surface area contributed by atoms with Gasteiger partial charge in [0.05, 0.1) is 11.3 Å². The number of aryl methyl sites for hydroxylation is 2. The van der Waals surface area contributed by atoms with Gasteiger partial charge in [0.2, 0.25) is 0 Å². The van der Waals surface area contributed by atoms with E-state index in [9.17, 15) is 0 Å². The molecule has 0 radical (unpaired) electrons. The van der Waals surface area contributed by atoms with Gasteiger partial charge in [0.1, 0.15) is 6.07 Å². The monoisotopic (exact) mass is 210 g/mol. The Labute approximate surface area is 74.0 Å². The lowest BCUT2D eigenvalue weighted by Gasteiger charge is -2.00. The highest BCUT2D eigenvalue weighted by atomic mass is 79.9. The summed E-state index contributed by atoms with van der Waals surface area (Å²) >= 11 is 3.30. The highest BCUT2D eigenvalue weighted by molar-refractivity contribution is 9.10. The molecular weight excluding hydrogens is 204 g/mol. The van der Waals surface area contributed by atoms with Gasteiger partial charge in [-0.05, 0) is 35.8 Å². The van der Waals surface area contributed by atoms with Crippen LogP contribution in [-0.2, 0) is 0 Å². The number of hydrogen-bond donors (Lipinski definition) is 0. The molecule has 1 aromatic heterocycles. The van der Waals surface area contributed by atoms with Gasteiger partial charge in [-0.2, -0.15) is 5.26 Å². The summed E-state index contributed by atoms with van der Waals surface area (Å²) in [6, 6.07) is 3.92. The van der Waals surface area contributed by atoms with Crippen molar-refractivity contribution in [1.82, 2.24) is 4.98 Å². The van der Waals surface area contributed by atoms with Crippen LogP contribution < -0.4 is 0 Å². The van der Waals surface area contributed by atoms with Crippen LogP contribution in [0.15, 0.2) is 10.5 Å². The fourth-order valence-electron chi connectivity index (χ4n) is 0.915. The fraction of sp³-hybridized carbons (Fsp3) is 0.250. The molecule has 1 rings (SSSR count). The molecule has 0 N–H and O–H groups in total. The highest BCUT2D eigenvalue weighted by Gasteiger charge is 2.03. The maximum Gasteiger partial charge on any atom is 0.102 e. The van der Waals surface area contributed by atoms with Crippen LogP contribution in [0.2, 0.25) is 0 Å². The zero-order valence-corrected chi connectivity index (χ0v) is 7.94. The standard InChI is InChI=1S/C8H7BrN2/c1-5-3-8(9)7(4-10)6(2)11-5/h3H,1-2H3. The summed E-state index contributed by atoms with van der Waals surface area (Å²) in [4.78, 5) is 4.15. The number of pyridine rings is 1. The van der Waals surface area contributed by atoms with Gasteiger partial charge in [0.15, 0.2) is 0 Å². The summed E-state index contributed by atoms with van der Waals surface area (Å²) in [5.74, 6) is 0.